The van der Waals surface area contributed by atoms with Crippen LogP contribution in [0.3, 0.4) is 0 Å². The van der Waals surface area contributed by atoms with E-state index in [2.05, 4.69) is 25.6 Å². The van der Waals surface area contributed by atoms with Crippen molar-refractivity contribution in [3.05, 3.63) is 70.4 Å². The molecular formula is C16H11F3N6S. The molecule has 0 fully saturated rings. The van der Waals surface area contributed by atoms with Crippen molar-refractivity contribution in [1.82, 2.24) is 24.8 Å². The molecule has 0 bridgehead atoms. The molecule has 0 amide bonds. The zero-order valence-corrected chi connectivity index (χ0v) is 13.9. The third-order valence-corrected chi connectivity index (χ3v) is 4.48. The molecule has 1 unspecified atom stereocenters. The molecule has 132 valence electrons. The van der Waals surface area contributed by atoms with Crippen LogP contribution in [-0.4, -0.2) is 24.8 Å². The fourth-order valence-electron chi connectivity index (χ4n) is 2.50. The van der Waals surface area contributed by atoms with Gasteiger partial charge in [0.15, 0.2) is 5.65 Å². The van der Waals surface area contributed by atoms with E-state index in [1.54, 1.807) is 12.3 Å². The maximum absolute atomic E-state index is 13.0. The Hall–Kier alpha value is -3.01. The van der Waals surface area contributed by atoms with E-state index in [9.17, 15) is 13.2 Å². The average Bonchev–Trinajstić information content (AvgIpc) is 3.29. The van der Waals surface area contributed by atoms with Gasteiger partial charge in [-0.3, -0.25) is 0 Å². The lowest BCUT2D eigenvalue weighted by molar-refractivity contribution is -0.146. The van der Waals surface area contributed by atoms with Gasteiger partial charge in [-0.1, -0.05) is 30.3 Å². The minimum Gasteiger partial charge on any atom is -0.355 e. The van der Waals surface area contributed by atoms with E-state index in [0.29, 0.717) is 4.52 Å². The molecule has 1 atom stereocenters. The highest BCUT2D eigenvalue weighted by molar-refractivity contribution is 7.09. The van der Waals surface area contributed by atoms with Crippen LogP contribution in [0, 0.1) is 0 Å². The van der Waals surface area contributed by atoms with Crippen molar-refractivity contribution in [3.63, 3.8) is 0 Å². The normalized spacial score (nSPS) is 13.0. The largest absolute Gasteiger partial charge is 0.453 e. The molecule has 6 nitrogen and oxygen atoms in total. The number of thiazole rings is 1. The SMILES string of the molecule is FC(F)(F)c1nnc2ccc(NC(c3ccccc3)c3nccs3)nn12. The molecule has 4 aromatic rings. The van der Waals surface area contributed by atoms with E-state index in [1.807, 2.05) is 35.7 Å². The molecule has 3 heterocycles. The maximum Gasteiger partial charge on any atom is 0.453 e. The number of rotatable bonds is 4. The molecule has 0 saturated carbocycles. The van der Waals surface area contributed by atoms with E-state index in [1.165, 1.54) is 17.4 Å². The third kappa shape index (κ3) is 3.10. The number of aromatic nitrogens is 5. The van der Waals surface area contributed by atoms with E-state index >= 15 is 0 Å². The number of nitrogens with zero attached hydrogens (tertiary/aromatic N) is 5. The molecule has 26 heavy (non-hydrogen) atoms. The van der Waals surface area contributed by atoms with Gasteiger partial charge in [0.1, 0.15) is 16.9 Å². The van der Waals surface area contributed by atoms with E-state index in [-0.39, 0.29) is 17.5 Å². The van der Waals surface area contributed by atoms with Crippen LogP contribution < -0.4 is 5.32 Å². The summed E-state index contributed by atoms with van der Waals surface area (Å²) in [4.78, 5) is 4.32. The number of alkyl halides is 3. The van der Waals surface area contributed by atoms with E-state index < -0.39 is 12.0 Å². The fourth-order valence-corrected chi connectivity index (χ4v) is 3.21. The Morgan fingerprint density at radius 1 is 1.04 bits per heavy atom. The molecule has 4 rings (SSSR count). The lowest BCUT2D eigenvalue weighted by Gasteiger charge is -2.17. The van der Waals surface area contributed by atoms with Crippen molar-refractivity contribution >= 4 is 22.8 Å². The Labute approximate surface area is 149 Å². The van der Waals surface area contributed by atoms with E-state index in [4.69, 9.17) is 0 Å². The smallest absolute Gasteiger partial charge is 0.355 e. The summed E-state index contributed by atoms with van der Waals surface area (Å²) in [5, 5.41) is 16.5. The highest BCUT2D eigenvalue weighted by Gasteiger charge is 2.37. The molecule has 0 aliphatic heterocycles. The first-order valence-electron chi connectivity index (χ1n) is 7.53. The summed E-state index contributed by atoms with van der Waals surface area (Å²) in [6, 6.07) is 12.1. The molecule has 10 heteroatoms. The van der Waals surface area contributed by atoms with Crippen LogP contribution in [0.5, 0.6) is 0 Å². The van der Waals surface area contributed by atoms with Crippen molar-refractivity contribution in [2.24, 2.45) is 0 Å². The molecule has 0 aliphatic rings. The summed E-state index contributed by atoms with van der Waals surface area (Å²) in [5.41, 5.74) is 0.942. The monoisotopic (exact) mass is 376 g/mol. The van der Waals surface area contributed by atoms with Crippen LogP contribution >= 0.6 is 11.3 Å². The zero-order chi connectivity index (χ0) is 18.1. The average molecular weight is 376 g/mol. The molecular weight excluding hydrogens is 365 g/mol. The summed E-state index contributed by atoms with van der Waals surface area (Å²) in [6.45, 7) is 0. The van der Waals surface area contributed by atoms with Crippen molar-refractivity contribution in [3.8, 4) is 0 Å². The van der Waals surface area contributed by atoms with Crippen LogP contribution in [0.4, 0.5) is 19.0 Å². The van der Waals surface area contributed by atoms with Gasteiger partial charge in [0.05, 0.1) is 0 Å². The summed E-state index contributed by atoms with van der Waals surface area (Å²) in [6.07, 6.45) is -2.96. The van der Waals surface area contributed by atoms with E-state index in [0.717, 1.165) is 10.6 Å². The van der Waals surface area contributed by atoms with Crippen LogP contribution in [0.1, 0.15) is 22.4 Å². The first-order valence-corrected chi connectivity index (χ1v) is 8.41. The third-order valence-electron chi connectivity index (χ3n) is 3.64. The predicted molar refractivity (Wildman–Crippen MR) is 89.8 cm³/mol. The van der Waals surface area contributed by atoms with Gasteiger partial charge in [-0.2, -0.15) is 17.7 Å². The molecule has 3 aromatic heterocycles. The number of fused-ring (bicyclic) bond motifs is 1. The highest BCUT2D eigenvalue weighted by Crippen LogP contribution is 2.29. The number of hydrogen-bond donors (Lipinski definition) is 1. The lowest BCUT2D eigenvalue weighted by Crippen LogP contribution is -2.16. The number of nitrogens with one attached hydrogen (secondary N) is 1. The van der Waals surface area contributed by atoms with Crippen LogP contribution in [-0.2, 0) is 6.18 Å². The quantitative estimate of drug-likeness (QED) is 0.587. The lowest BCUT2D eigenvalue weighted by atomic mass is 10.1. The number of hydrogen-bond acceptors (Lipinski definition) is 6. The minimum atomic E-state index is -4.64. The molecule has 1 aromatic carbocycles. The van der Waals surface area contributed by atoms with Gasteiger partial charge < -0.3 is 5.32 Å². The van der Waals surface area contributed by atoms with Gasteiger partial charge in [0.2, 0.25) is 0 Å². The minimum absolute atomic E-state index is 0.0217. The van der Waals surface area contributed by atoms with Crippen molar-refractivity contribution < 1.29 is 13.2 Å². The number of anilines is 1. The summed E-state index contributed by atoms with van der Waals surface area (Å²) >= 11 is 1.44. The fraction of sp³-hybridized carbons (Fsp3) is 0.125. The predicted octanol–water partition coefficient (Wildman–Crippen LogP) is 3.80. The second kappa shape index (κ2) is 6.37. The zero-order valence-electron chi connectivity index (χ0n) is 13.1. The number of benzene rings is 1. The van der Waals surface area contributed by atoms with Crippen molar-refractivity contribution in [2.45, 2.75) is 12.2 Å². The molecule has 0 saturated heterocycles. The maximum atomic E-state index is 13.0. The van der Waals surface area contributed by atoms with Crippen molar-refractivity contribution in [1.29, 1.82) is 0 Å². The van der Waals surface area contributed by atoms with Crippen LogP contribution in [0.25, 0.3) is 5.65 Å². The van der Waals surface area contributed by atoms with Gasteiger partial charge in [-0.25, -0.2) is 4.98 Å². The van der Waals surface area contributed by atoms with Gasteiger partial charge >= 0.3 is 6.18 Å². The first-order chi connectivity index (χ1) is 12.5. The summed E-state index contributed by atoms with van der Waals surface area (Å²) in [5.74, 6) is -0.909. The van der Waals surface area contributed by atoms with Crippen molar-refractivity contribution in [2.75, 3.05) is 5.32 Å². The van der Waals surface area contributed by atoms with Crippen LogP contribution in [0.2, 0.25) is 0 Å². The number of halogens is 3. The van der Waals surface area contributed by atoms with Gasteiger partial charge in [-0.05, 0) is 17.7 Å². The molecule has 0 aliphatic carbocycles. The van der Waals surface area contributed by atoms with Gasteiger partial charge in [0, 0.05) is 11.6 Å². The van der Waals surface area contributed by atoms with Gasteiger partial charge in [0.25, 0.3) is 5.82 Å². The first kappa shape index (κ1) is 16.5. The molecule has 0 spiro atoms. The van der Waals surface area contributed by atoms with Gasteiger partial charge in [-0.15, -0.1) is 26.6 Å². The summed E-state index contributed by atoms with van der Waals surface area (Å²) < 4.78 is 39.8. The summed E-state index contributed by atoms with van der Waals surface area (Å²) in [7, 11) is 0. The Morgan fingerprint density at radius 2 is 1.85 bits per heavy atom. The Bertz CT molecular complexity index is 1010. The molecule has 0 radical (unpaired) electrons. The highest BCUT2D eigenvalue weighted by atomic mass is 32.1. The Kier molecular flexibility index (Phi) is 4.03. The Balaban J connectivity index is 1.74. The molecule has 1 N–H and O–H groups in total. The second-order valence-electron chi connectivity index (χ2n) is 5.37. The standard InChI is InChI=1S/C16H11F3N6S/c17-16(18,19)15-23-22-12-7-6-11(24-25(12)15)21-13(14-20-8-9-26-14)10-4-2-1-3-5-10/h1-9,13H,(H,21,24). The second-order valence-corrected chi connectivity index (χ2v) is 6.29. The van der Waals surface area contributed by atoms with Crippen LogP contribution in [0.15, 0.2) is 54.0 Å². The Morgan fingerprint density at radius 3 is 2.54 bits per heavy atom. The topological polar surface area (TPSA) is 68.0 Å².